The summed E-state index contributed by atoms with van der Waals surface area (Å²) < 4.78 is 25.7. The summed E-state index contributed by atoms with van der Waals surface area (Å²) >= 11 is 0. The normalized spacial score (nSPS) is 19.0. The van der Waals surface area contributed by atoms with Crippen LogP contribution < -0.4 is 10.0 Å². The van der Waals surface area contributed by atoms with Crippen molar-refractivity contribution in [3.8, 4) is 5.75 Å². The zero-order valence-corrected chi connectivity index (χ0v) is 18.5. The molecule has 0 bridgehead atoms. The molecule has 2 aliphatic rings. The van der Waals surface area contributed by atoms with Gasteiger partial charge in [0.15, 0.2) is 0 Å². The molecule has 166 valence electrons. The highest BCUT2D eigenvalue weighted by molar-refractivity contribution is 7.92. The van der Waals surface area contributed by atoms with Crippen LogP contribution in [0.5, 0.6) is 5.75 Å². The highest BCUT2D eigenvalue weighted by Gasteiger charge is 2.51. The van der Waals surface area contributed by atoms with Gasteiger partial charge in [-0.05, 0) is 74.2 Å². The lowest BCUT2D eigenvalue weighted by Gasteiger charge is -2.27. The minimum atomic E-state index is -3.39. The van der Waals surface area contributed by atoms with Gasteiger partial charge in [-0.1, -0.05) is 24.3 Å². The second kappa shape index (κ2) is 8.51. The quantitative estimate of drug-likeness (QED) is 0.583. The van der Waals surface area contributed by atoms with Gasteiger partial charge >= 0.3 is 0 Å². The second-order valence-electron chi connectivity index (χ2n) is 8.67. The first-order chi connectivity index (χ1) is 14.7. The molecule has 0 radical (unpaired) electrons. The average molecular weight is 444 g/mol. The van der Waals surface area contributed by atoms with Gasteiger partial charge in [0.1, 0.15) is 5.75 Å². The van der Waals surface area contributed by atoms with Crippen LogP contribution in [0.3, 0.4) is 0 Å². The van der Waals surface area contributed by atoms with Crippen LogP contribution >= 0.6 is 0 Å². The van der Waals surface area contributed by atoms with Crippen molar-refractivity contribution >= 4 is 21.6 Å². The van der Waals surface area contributed by atoms with E-state index in [-0.39, 0.29) is 17.7 Å². The molecule has 8 heteroatoms. The number of phenolic OH excluding ortho intramolecular Hbond substituents is 1. The van der Waals surface area contributed by atoms with E-state index >= 15 is 0 Å². The molecule has 0 aromatic heterocycles. The van der Waals surface area contributed by atoms with Gasteiger partial charge in [0, 0.05) is 12.2 Å². The van der Waals surface area contributed by atoms with E-state index in [2.05, 4.69) is 14.9 Å². The molecule has 1 amide bonds. The Morgan fingerprint density at radius 2 is 1.84 bits per heavy atom. The molecule has 31 heavy (non-hydrogen) atoms. The number of likely N-dealkylation sites (tertiary alicyclic amines) is 1. The number of hydrogen-bond donors (Lipinski definition) is 3. The number of benzene rings is 2. The van der Waals surface area contributed by atoms with Gasteiger partial charge in [0.2, 0.25) is 15.9 Å². The highest BCUT2D eigenvalue weighted by Crippen LogP contribution is 2.49. The molecular formula is C23H29N3O4S. The summed E-state index contributed by atoms with van der Waals surface area (Å²) in [5.74, 6) is 0.121. The number of sulfonamides is 1. The topological polar surface area (TPSA) is 98.7 Å². The number of amides is 1. The van der Waals surface area contributed by atoms with Gasteiger partial charge in [0.25, 0.3) is 0 Å². The molecule has 2 aromatic rings. The Kier molecular flexibility index (Phi) is 5.94. The summed E-state index contributed by atoms with van der Waals surface area (Å²) in [6.07, 6.45) is 4.86. The summed E-state index contributed by atoms with van der Waals surface area (Å²) in [5.41, 5.74) is 1.51. The van der Waals surface area contributed by atoms with E-state index in [1.54, 1.807) is 36.4 Å². The van der Waals surface area contributed by atoms with E-state index in [9.17, 15) is 18.3 Å². The Labute approximate surface area is 183 Å². The van der Waals surface area contributed by atoms with Crippen molar-refractivity contribution in [3.05, 3.63) is 59.7 Å². The van der Waals surface area contributed by atoms with Crippen LogP contribution in [0.15, 0.2) is 48.5 Å². The van der Waals surface area contributed by atoms with Crippen molar-refractivity contribution in [2.24, 2.45) is 0 Å². The van der Waals surface area contributed by atoms with E-state index in [1.807, 2.05) is 12.1 Å². The first-order valence-corrected chi connectivity index (χ1v) is 12.5. The lowest BCUT2D eigenvalue weighted by atomic mass is 9.93. The lowest BCUT2D eigenvalue weighted by molar-refractivity contribution is -0.124. The van der Waals surface area contributed by atoms with Crippen molar-refractivity contribution in [1.82, 2.24) is 10.2 Å². The summed E-state index contributed by atoms with van der Waals surface area (Å²) in [6.45, 7) is 2.71. The Balaban J connectivity index is 1.56. The number of carbonyl (C=O) groups excluding carboxylic acids is 1. The third-order valence-corrected chi connectivity index (χ3v) is 6.73. The van der Waals surface area contributed by atoms with Crippen LogP contribution in [-0.4, -0.2) is 50.2 Å². The molecule has 1 atom stereocenters. The number of nitrogens with one attached hydrogen (secondary N) is 2. The number of hydrogen-bond acceptors (Lipinski definition) is 5. The number of phenols is 1. The maximum absolute atomic E-state index is 13.4. The van der Waals surface area contributed by atoms with E-state index < -0.39 is 15.4 Å². The van der Waals surface area contributed by atoms with Crippen molar-refractivity contribution in [2.75, 3.05) is 30.6 Å². The van der Waals surface area contributed by atoms with Crippen LogP contribution in [0.4, 0.5) is 5.69 Å². The summed E-state index contributed by atoms with van der Waals surface area (Å²) in [5, 5.41) is 13.2. The fraction of sp³-hybridized carbons (Fsp3) is 0.435. The van der Waals surface area contributed by atoms with E-state index in [0.717, 1.165) is 56.2 Å². The third kappa shape index (κ3) is 5.19. The van der Waals surface area contributed by atoms with Crippen LogP contribution in [-0.2, 0) is 20.2 Å². The maximum Gasteiger partial charge on any atom is 0.231 e. The molecule has 4 rings (SSSR count). The van der Waals surface area contributed by atoms with Crippen LogP contribution in [0.1, 0.15) is 42.9 Å². The Bertz CT molecular complexity index is 1060. The second-order valence-corrected chi connectivity index (χ2v) is 10.4. The van der Waals surface area contributed by atoms with Crippen molar-refractivity contribution in [3.63, 3.8) is 0 Å². The van der Waals surface area contributed by atoms with Crippen molar-refractivity contribution in [1.29, 1.82) is 0 Å². The van der Waals surface area contributed by atoms with Crippen LogP contribution in [0.25, 0.3) is 0 Å². The number of nitrogens with zero attached hydrogens (tertiary/aromatic N) is 1. The summed E-state index contributed by atoms with van der Waals surface area (Å²) in [7, 11) is -3.39. The van der Waals surface area contributed by atoms with Gasteiger partial charge in [-0.25, -0.2) is 8.42 Å². The molecule has 1 saturated heterocycles. The molecule has 1 heterocycles. The van der Waals surface area contributed by atoms with Gasteiger partial charge in [-0.2, -0.15) is 0 Å². The molecule has 7 nitrogen and oxygen atoms in total. The molecule has 0 spiro atoms. The first-order valence-electron chi connectivity index (χ1n) is 10.7. The van der Waals surface area contributed by atoms with E-state index in [4.69, 9.17) is 0 Å². The number of carbonyl (C=O) groups is 1. The highest BCUT2D eigenvalue weighted by atomic mass is 32.2. The minimum absolute atomic E-state index is 0.0588. The monoisotopic (exact) mass is 443 g/mol. The SMILES string of the molecule is CS(=O)(=O)Nc1cccc(C2(C(=O)NC(CN3CCCC3)c3cccc(O)c3)CC2)c1. The van der Waals surface area contributed by atoms with Gasteiger partial charge in [-0.3, -0.25) is 9.52 Å². The molecule has 2 fully saturated rings. The molecule has 2 aromatic carbocycles. The minimum Gasteiger partial charge on any atom is -0.508 e. The molecule has 1 saturated carbocycles. The van der Waals surface area contributed by atoms with E-state index in [1.165, 1.54) is 0 Å². The molecule has 1 aliphatic heterocycles. The van der Waals surface area contributed by atoms with Crippen LogP contribution in [0.2, 0.25) is 0 Å². The summed E-state index contributed by atoms with van der Waals surface area (Å²) in [4.78, 5) is 15.8. The molecule has 1 unspecified atom stereocenters. The Morgan fingerprint density at radius 3 is 2.48 bits per heavy atom. The first kappa shape index (κ1) is 21.6. The van der Waals surface area contributed by atoms with Crippen molar-refractivity contribution in [2.45, 2.75) is 37.1 Å². The van der Waals surface area contributed by atoms with E-state index in [0.29, 0.717) is 12.2 Å². The van der Waals surface area contributed by atoms with Gasteiger partial charge in [0.05, 0.1) is 17.7 Å². The predicted molar refractivity (Wildman–Crippen MR) is 120 cm³/mol. The molecular weight excluding hydrogens is 414 g/mol. The largest absolute Gasteiger partial charge is 0.508 e. The van der Waals surface area contributed by atoms with Crippen LogP contribution in [0, 0.1) is 0 Å². The van der Waals surface area contributed by atoms with Gasteiger partial charge in [-0.15, -0.1) is 0 Å². The fourth-order valence-corrected chi connectivity index (χ4v) is 4.92. The predicted octanol–water partition coefficient (Wildman–Crippen LogP) is 2.75. The Morgan fingerprint density at radius 1 is 1.13 bits per heavy atom. The van der Waals surface area contributed by atoms with Crippen molar-refractivity contribution < 1.29 is 18.3 Å². The average Bonchev–Trinajstić information content (AvgIpc) is 3.37. The standard InChI is InChI=1S/C23H29N3O4S/c1-31(29,30)25-19-8-5-7-18(15-19)23(10-11-23)22(28)24-21(16-26-12-2-3-13-26)17-6-4-9-20(27)14-17/h4-9,14-15,21,25,27H,2-3,10-13,16H2,1H3,(H,24,28). The zero-order chi connectivity index (χ0) is 22.1. The van der Waals surface area contributed by atoms with Gasteiger partial charge < -0.3 is 15.3 Å². The lowest BCUT2D eigenvalue weighted by Crippen LogP contribution is -2.41. The number of rotatable bonds is 8. The summed E-state index contributed by atoms with van der Waals surface area (Å²) in [6, 6.07) is 13.9. The fourth-order valence-electron chi connectivity index (χ4n) is 4.36. The number of anilines is 1. The molecule has 1 aliphatic carbocycles. The maximum atomic E-state index is 13.4. The zero-order valence-electron chi connectivity index (χ0n) is 17.7. The molecule has 3 N–H and O–H groups in total. The number of aromatic hydroxyl groups is 1. The Hall–Kier alpha value is -2.58. The third-order valence-electron chi connectivity index (χ3n) is 6.12. The smallest absolute Gasteiger partial charge is 0.231 e.